The number of carbonyl (C=O) groups excluding carboxylic acids is 1. The zero-order valence-electron chi connectivity index (χ0n) is 16.7. The number of benzene rings is 1. The maximum atomic E-state index is 13.9. The summed E-state index contributed by atoms with van der Waals surface area (Å²) < 4.78 is 51.4. The van der Waals surface area contributed by atoms with Crippen LogP contribution in [0.3, 0.4) is 0 Å². The SMILES string of the molecule is CC1(C)C(C(=O)OC(c2cccc(Oc3ccccc3)n2)C(F)(F)F)C1C(Br)C(Br)(Br)Br. The summed E-state index contributed by atoms with van der Waals surface area (Å²) in [4.78, 5) is 16.5. The molecule has 4 atom stereocenters. The van der Waals surface area contributed by atoms with Crippen LogP contribution in [0.1, 0.15) is 25.6 Å². The second kappa shape index (κ2) is 9.54. The van der Waals surface area contributed by atoms with Crippen LogP contribution in [0.4, 0.5) is 13.2 Å². The summed E-state index contributed by atoms with van der Waals surface area (Å²) in [6.07, 6.45) is -7.36. The van der Waals surface area contributed by atoms with Gasteiger partial charge in [0.2, 0.25) is 12.0 Å². The molecule has 0 spiro atoms. The molecule has 11 heteroatoms. The molecule has 4 nitrogen and oxygen atoms in total. The molecule has 1 fully saturated rings. The van der Waals surface area contributed by atoms with Crippen molar-refractivity contribution in [2.45, 2.75) is 33.1 Å². The molecule has 2 aromatic rings. The summed E-state index contributed by atoms with van der Waals surface area (Å²) in [6, 6.07) is 12.5. The number of rotatable bonds is 6. The normalized spacial score (nSPS) is 22.0. The fourth-order valence-electron chi connectivity index (χ4n) is 3.60. The van der Waals surface area contributed by atoms with Gasteiger partial charge >= 0.3 is 12.1 Å². The minimum atomic E-state index is -4.85. The van der Waals surface area contributed by atoms with Gasteiger partial charge in [-0.3, -0.25) is 4.79 Å². The number of nitrogens with zero attached hydrogens (tertiary/aromatic N) is 1. The quantitative estimate of drug-likeness (QED) is 0.226. The number of aromatic nitrogens is 1. The molecule has 174 valence electrons. The van der Waals surface area contributed by atoms with Crippen molar-refractivity contribution in [1.82, 2.24) is 4.98 Å². The summed E-state index contributed by atoms with van der Waals surface area (Å²) in [5.41, 5.74) is -1.02. The van der Waals surface area contributed by atoms with Crippen LogP contribution >= 0.6 is 63.7 Å². The van der Waals surface area contributed by atoms with E-state index in [1.807, 2.05) is 13.8 Å². The monoisotopic (exact) mass is 705 g/mol. The Morgan fingerprint density at radius 2 is 1.69 bits per heavy atom. The van der Waals surface area contributed by atoms with Gasteiger partial charge in [-0.25, -0.2) is 4.98 Å². The second-order valence-electron chi connectivity index (χ2n) is 7.94. The van der Waals surface area contributed by atoms with Crippen LogP contribution in [0.2, 0.25) is 0 Å². The summed E-state index contributed by atoms with van der Waals surface area (Å²) in [5, 5.41) is 0. The summed E-state index contributed by atoms with van der Waals surface area (Å²) >= 11 is 13.7. The minimum absolute atomic E-state index is 0.0354. The molecule has 0 bridgehead atoms. The van der Waals surface area contributed by atoms with Crippen LogP contribution in [0.25, 0.3) is 0 Å². The van der Waals surface area contributed by atoms with E-state index in [2.05, 4.69) is 68.7 Å². The van der Waals surface area contributed by atoms with Crippen molar-refractivity contribution >= 4 is 69.7 Å². The van der Waals surface area contributed by atoms with Gasteiger partial charge in [-0.15, -0.1) is 0 Å². The van der Waals surface area contributed by atoms with Gasteiger partial charge in [0.25, 0.3) is 0 Å². The highest BCUT2D eigenvalue weighted by Gasteiger charge is 2.68. The van der Waals surface area contributed by atoms with E-state index in [0.29, 0.717) is 5.75 Å². The molecule has 4 unspecified atom stereocenters. The molecule has 1 aliphatic rings. The number of alkyl halides is 7. The average molecular weight is 709 g/mol. The highest BCUT2D eigenvalue weighted by atomic mass is 80.0. The molecule has 1 aliphatic carbocycles. The van der Waals surface area contributed by atoms with Crippen molar-refractivity contribution < 1.29 is 27.4 Å². The summed E-state index contributed by atoms with van der Waals surface area (Å²) in [5.74, 6) is -1.55. The van der Waals surface area contributed by atoms with Crippen molar-refractivity contribution in [3.8, 4) is 11.6 Å². The Bertz CT molecular complexity index is 967. The minimum Gasteiger partial charge on any atom is -0.446 e. The predicted molar refractivity (Wildman–Crippen MR) is 129 cm³/mol. The molecule has 0 radical (unpaired) electrons. The van der Waals surface area contributed by atoms with E-state index in [-0.39, 0.29) is 16.6 Å². The predicted octanol–water partition coefficient (Wildman–Crippen LogP) is 7.89. The van der Waals surface area contributed by atoms with Gasteiger partial charge in [-0.1, -0.05) is 102 Å². The van der Waals surface area contributed by atoms with E-state index in [9.17, 15) is 18.0 Å². The van der Waals surface area contributed by atoms with E-state index >= 15 is 0 Å². The van der Waals surface area contributed by atoms with Crippen molar-refractivity contribution in [3.05, 3.63) is 54.2 Å². The molecule has 1 heterocycles. The first-order chi connectivity index (χ1) is 14.7. The van der Waals surface area contributed by atoms with Crippen molar-refractivity contribution in [2.75, 3.05) is 0 Å². The Balaban J connectivity index is 1.81. The molecular weight excluding hydrogens is 691 g/mol. The van der Waals surface area contributed by atoms with E-state index in [1.165, 1.54) is 12.1 Å². The first-order valence-corrected chi connectivity index (χ1v) is 12.7. The average Bonchev–Trinajstić information content (AvgIpc) is 3.26. The van der Waals surface area contributed by atoms with E-state index in [0.717, 1.165) is 6.07 Å². The van der Waals surface area contributed by atoms with Crippen LogP contribution < -0.4 is 4.74 Å². The third kappa shape index (κ3) is 5.88. The lowest BCUT2D eigenvalue weighted by Crippen LogP contribution is -2.29. The van der Waals surface area contributed by atoms with Gasteiger partial charge < -0.3 is 9.47 Å². The van der Waals surface area contributed by atoms with Crippen LogP contribution in [0.15, 0.2) is 48.5 Å². The first kappa shape index (κ1) is 26.0. The Morgan fingerprint density at radius 1 is 1.06 bits per heavy atom. The Morgan fingerprint density at radius 3 is 2.25 bits per heavy atom. The van der Waals surface area contributed by atoms with Crippen molar-refractivity contribution in [2.24, 2.45) is 17.3 Å². The molecule has 32 heavy (non-hydrogen) atoms. The standard InChI is InChI=1S/C21H18Br4F3NO3/c1-19(2)14(16(22)20(23,24)25)15(19)18(30)32-17(21(26,27)28)12-9-6-10-13(29-12)31-11-7-4-3-5-8-11/h3-10,14-17H,1-2H3. The molecule has 0 aliphatic heterocycles. The van der Waals surface area contributed by atoms with Crippen LogP contribution in [-0.2, 0) is 9.53 Å². The number of halogens is 7. The summed E-state index contributed by atoms with van der Waals surface area (Å²) in [7, 11) is 0. The highest BCUT2D eigenvalue weighted by molar-refractivity contribution is 9.40. The number of hydrogen-bond acceptors (Lipinski definition) is 4. The van der Waals surface area contributed by atoms with Crippen LogP contribution in [-0.4, -0.2) is 24.1 Å². The Hall–Kier alpha value is -0.650. The molecule has 0 saturated heterocycles. The lowest BCUT2D eigenvalue weighted by Gasteiger charge is -2.22. The van der Waals surface area contributed by atoms with Gasteiger partial charge in [0.1, 0.15) is 7.89 Å². The molecule has 3 rings (SSSR count). The molecule has 0 amide bonds. The van der Waals surface area contributed by atoms with E-state index in [4.69, 9.17) is 9.47 Å². The smallest absolute Gasteiger partial charge is 0.431 e. The first-order valence-electron chi connectivity index (χ1n) is 9.40. The van der Waals surface area contributed by atoms with Gasteiger partial charge in [-0.05, 0) is 29.5 Å². The van der Waals surface area contributed by atoms with Gasteiger partial charge in [0, 0.05) is 6.07 Å². The Labute approximate surface area is 217 Å². The van der Waals surface area contributed by atoms with Gasteiger partial charge in [0.05, 0.1) is 16.4 Å². The highest BCUT2D eigenvalue weighted by Crippen LogP contribution is 2.66. The van der Waals surface area contributed by atoms with Crippen LogP contribution in [0, 0.1) is 17.3 Å². The third-order valence-corrected chi connectivity index (χ3v) is 9.88. The van der Waals surface area contributed by atoms with Gasteiger partial charge in [0.15, 0.2) is 0 Å². The maximum absolute atomic E-state index is 13.9. The lowest BCUT2D eigenvalue weighted by molar-refractivity contribution is -0.226. The largest absolute Gasteiger partial charge is 0.446 e. The van der Waals surface area contributed by atoms with E-state index in [1.54, 1.807) is 30.3 Å². The molecule has 1 saturated carbocycles. The second-order valence-corrected chi connectivity index (χ2v) is 15.9. The fraction of sp³-hybridized carbons (Fsp3) is 0.429. The number of esters is 1. The zero-order valence-corrected chi connectivity index (χ0v) is 23.1. The lowest BCUT2D eigenvalue weighted by atomic mass is 10.1. The third-order valence-electron chi connectivity index (χ3n) is 5.30. The Kier molecular flexibility index (Phi) is 7.74. The number of pyridine rings is 1. The number of para-hydroxylation sites is 1. The summed E-state index contributed by atoms with van der Waals surface area (Å²) in [6.45, 7) is 3.62. The fourth-order valence-corrected chi connectivity index (χ4v) is 5.45. The van der Waals surface area contributed by atoms with Crippen LogP contribution in [0.5, 0.6) is 11.6 Å². The number of ether oxygens (including phenoxy) is 2. The van der Waals surface area contributed by atoms with Crippen molar-refractivity contribution in [3.63, 3.8) is 0 Å². The molecule has 1 aromatic heterocycles. The number of carbonyl (C=O) groups is 1. The topological polar surface area (TPSA) is 48.4 Å². The maximum Gasteiger partial charge on any atom is 0.431 e. The molecular formula is C21H18Br4F3NO3. The zero-order chi connectivity index (χ0) is 23.9. The molecule has 1 aromatic carbocycles. The number of hydrogen-bond donors (Lipinski definition) is 0. The van der Waals surface area contributed by atoms with Gasteiger partial charge in [-0.2, -0.15) is 13.2 Å². The van der Waals surface area contributed by atoms with E-state index < -0.39 is 37.4 Å². The molecule has 0 N–H and O–H groups in total. The van der Waals surface area contributed by atoms with Crippen molar-refractivity contribution in [1.29, 1.82) is 0 Å².